The number of hydrogen-bond acceptors (Lipinski definition) is 3. The molecule has 0 spiro atoms. The van der Waals surface area contributed by atoms with E-state index < -0.39 is 0 Å². The van der Waals surface area contributed by atoms with Crippen LogP contribution in [0.4, 0.5) is 0 Å². The van der Waals surface area contributed by atoms with Gasteiger partial charge in [0, 0.05) is 0 Å². The van der Waals surface area contributed by atoms with Gasteiger partial charge in [-0.3, -0.25) is 0 Å². The molecule has 0 aliphatic heterocycles. The average molecular weight is 235 g/mol. The highest BCUT2D eigenvalue weighted by molar-refractivity contribution is 6.00. The molecule has 0 amide bonds. The van der Waals surface area contributed by atoms with Gasteiger partial charge in [-0.25, -0.2) is 0 Å². The van der Waals surface area contributed by atoms with Gasteiger partial charge in [0.25, 0.3) is 0 Å². The van der Waals surface area contributed by atoms with Crippen LogP contribution >= 0.6 is 0 Å². The first-order valence-corrected chi connectivity index (χ1v) is 6.15. The minimum atomic E-state index is 0.569. The molecule has 3 heteroatoms. The van der Waals surface area contributed by atoms with Crippen molar-refractivity contribution < 1.29 is 9.94 Å². The molecule has 0 radical (unpaired) electrons. The molecule has 1 N–H and O–H groups in total. The van der Waals surface area contributed by atoms with Crippen LogP contribution in [-0.2, 0) is 0 Å². The molecule has 1 aromatic rings. The van der Waals surface area contributed by atoms with E-state index in [0.717, 1.165) is 24.3 Å². The van der Waals surface area contributed by atoms with Gasteiger partial charge in [-0.1, -0.05) is 32.3 Å². The van der Waals surface area contributed by atoms with Crippen LogP contribution in [0.1, 0.15) is 39.2 Å². The minimum Gasteiger partial charge on any atom is -0.493 e. The summed E-state index contributed by atoms with van der Waals surface area (Å²) >= 11 is 0. The second-order valence-electron chi connectivity index (χ2n) is 4.25. The van der Waals surface area contributed by atoms with Gasteiger partial charge in [-0.2, -0.15) is 0 Å². The van der Waals surface area contributed by atoms with E-state index in [9.17, 15) is 0 Å². The third-order valence-corrected chi connectivity index (χ3v) is 2.87. The molecule has 0 saturated heterocycles. The molecular weight excluding hydrogens is 214 g/mol. The first-order chi connectivity index (χ1) is 8.21. The molecule has 0 bridgehead atoms. The Morgan fingerprint density at radius 2 is 1.94 bits per heavy atom. The molecule has 0 aromatic heterocycles. The monoisotopic (exact) mass is 235 g/mol. The number of oxime groups is 1. The fourth-order valence-electron chi connectivity index (χ4n) is 1.43. The Morgan fingerprint density at radius 3 is 2.41 bits per heavy atom. The van der Waals surface area contributed by atoms with E-state index in [1.165, 1.54) is 0 Å². The lowest BCUT2D eigenvalue weighted by atomic mass is 10.1. The van der Waals surface area contributed by atoms with E-state index in [-0.39, 0.29) is 0 Å². The quantitative estimate of drug-likeness (QED) is 0.464. The zero-order valence-electron chi connectivity index (χ0n) is 10.8. The fourth-order valence-corrected chi connectivity index (χ4v) is 1.43. The van der Waals surface area contributed by atoms with Gasteiger partial charge in [-0.15, -0.1) is 0 Å². The average Bonchev–Trinajstić information content (AvgIpc) is 2.38. The first kappa shape index (κ1) is 13.6. The topological polar surface area (TPSA) is 41.8 Å². The minimum absolute atomic E-state index is 0.569. The summed E-state index contributed by atoms with van der Waals surface area (Å²) in [4.78, 5) is 0. The van der Waals surface area contributed by atoms with Crippen LogP contribution in [0.3, 0.4) is 0 Å². The van der Waals surface area contributed by atoms with Gasteiger partial charge in [0.2, 0.25) is 0 Å². The summed E-state index contributed by atoms with van der Waals surface area (Å²) in [5.74, 6) is 1.43. The summed E-state index contributed by atoms with van der Waals surface area (Å²) in [7, 11) is 0. The van der Waals surface area contributed by atoms with E-state index in [4.69, 9.17) is 9.94 Å². The van der Waals surface area contributed by atoms with E-state index in [2.05, 4.69) is 19.0 Å². The number of hydrogen-bond donors (Lipinski definition) is 1. The first-order valence-electron chi connectivity index (χ1n) is 6.15. The highest BCUT2D eigenvalue weighted by Gasteiger charge is 2.03. The standard InChI is InChI=1S/C14H21NO2/c1-4-11(3)10-17-13-8-6-12(7-9-13)14(5-2)15-16/h6-9,11,16H,4-5,10H2,1-3H3. The van der Waals surface area contributed by atoms with Crippen molar-refractivity contribution in [3.8, 4) is 5.75 Å². The lowest BCUT2D eigenvalue weighted by Gasteiger charge is -2.11. The van der Waals surface area contributed by atoms with Crippen molar-refractivity contribution in [1.82, 2.24) is 0 Å². The van der Waals surface area contributed by atoms with Crippen LogP contribution in [0.5, 0.6) is 5.75 Å². The van der Waals surface area contributed by atoms with Crippen molar-refractivity contribution in [2.75, 3.05) is 6.61 Å². The largest absolute Gasteiger partial charge is 0.493 e. The Labute approximate surface area is 103 Å². The second kappa shape index (κ2) is 6.94. The molecule has 0 heterocycles. The molecule has 1 unspecified atom stereocenters. The molecule has 0 saturated carbocycles. The zero-order valence-corrected chi connectivity index (χ0v) is 10.8. The maximum absolute atomic E-state index is 8.81. The van der Waals surface area contributed by atoms with Crippen molar-refractivity contribution in [3.63, 3.8) is 0 Å². The van der Waals surface area contributed by atoms with Gasteiger partial charge in [0.1, 0.15) is 5.75 Å². The normalized spacial score (nSPS) is 13.5. The van der Waals surface area contributed by atoms with Crippen molar-refractivity contribution in [1.29, 1.82) is 0 Å². The fraction of sp³-hybridized carbons (Fsp3) is 0.500. The molecule has 0 fully saturated rings. The predicted octanol–water partition coefficient (Wildman–Crippen LogP) is 3.70. The van der Waals surface area contributed by atoms with E-state index in [0.29, 0.717) is 18.1 Å². The number of rotatable bonds is 6. The molecule has 17 heavy (non-hydrogen) atoms. The molecule has 0 aliphatic rings. The highest BCUT2D eigenvalue weighted by Crippen LogP contribution is 2.15. The molecule has 94 valence electrons. The van der Waals surface area contributed by atoms with Crippen LogP contribution in [0, 0.1) is 5.92 Å². The predicted molar refractivity (Wildman–Crippen MR) is 70.0 cm³/mol. The summed E-state index contributed by atoms with van der Waals surface area (Å²) in [5.41, 5.74) is 1.63. The van der Waals surface area contributed by atoms with Crippen LogP contribution in [0.2, 0.25) is 0 Å². The molecule has 1 atom stereocenters. The van der Waals surface area contributed by atoms with Crippen LogP contribution in [0.15, 0.2) is 29.4 Å². The highest BCUT2D eigenvalue weighted by atomic mass is 16.5. The van der Waals surface area contributed by atoms with Crippen molar-refractivity contribution in [3.05, 3.63) is 29.8 Å². The molecule has 1 rings (SSSR count). The lowest BCUT2D eigenvalue weighted by molar-refractivity contribution is 0.256. The van der Waals surface area contributed by atoms with Crippen LogP contribution < -0.4 is 4.74 Å². The Morgan fingerprint density at radius 1 is 1.29 bits per heavy atom. The summed E-state index contributed by atoms with van der Waals surface area (Å²) in [6, 6.07) is 7.67. The number of ether oxygens (including phenoxy) is 1. The molecule has 0 aliphatic carbocycles. The lowest BCUT2D eigenvalue weighted by Crippen LogP contribution is -2.07. The number of nitrogens with zero attached hydrogens (tertiary/aromatic N) is 1. The maximum atomic E-state index is 8.81. The summed E-state index contributed by atoms with van der Waals surface area (Å²) in [6.07, 6.45) is 1.83. The molecular formula is C14H21NO2. The van der Waals surface area contributed by atoms with Gasteiger partial charge in [-0.05, 0) is 42.2 Å². The summed E-state index contributed by atoms with van der Waals surface area (Å²) in [6.45, 7) is 7.03. The van der Waals surface area contributed by atoms with E-state index in [1.54, 1.807) is 0 Å². The third kappa shape index (κ3) is 4.10. The van der Waals surface area contributed by atoms with Crippen LogP contribution in [-0.4, -0.2) is 17.5 Å². The zero-order chi connectivity index (χ0) is 12.7. The van der Waals surface area contributed by atoms with Gasteiger partial charge >= 0.3 is 0 Å². The van der Waals surface area contributed by atoms with Crippen molar-refractivity contribution in [2.45, 2.75) is 33.6 Å². The van der Waals surface area contributed by atoms with Gasteiger partial charge in [0.15, 0.2) is 0 Å². The van der Waals surface area contributed by atoms with Gasteiger partial charge < -0.3 is 9.94 Å². The smallest absolute Gasteiger partial charge is 0.119 e. The van der Waals surface area contributed by atoms with E-state index in [1.807, 2.05) is 31.2 Å². The third-order valence-electron chi connectivity index (χ3n) is 2.87. The summed E-state index contributed by atoms with van der Waals surface area (Å²) < 4.78 is 5.66. The van der Waals surface area contributed by atoms with Crippen molar-refractivity contribution in [2.24, 2.45) is 11.1 Å². The SMILES string of the molecule is CCC(=NO)c1ccc(OCC(C)CC)cc1. The Balaban J connectivity index is 2.62. The summed E-state index contributed by atoms with van der Waals surface area (Å²) in [5, 5.41) is 12.1. The molecule has 3 nitrogen and oxygen atoms in total. The maximum Gasteiger partial charge on any atom is 0.119 e. The Bertz CT molecular complexity index is 357. The van der Waals surface area contributed by atoms with Crippen molar-refractivity contribution >= 4 is 5.71 Å². The second-order valence-corrected chi connectivity index (χ2v) is 4.25. The Hall–Kier alpha value is -1.51. The van der Waals surface area contributed by atoms with E-state index >= 15 is 0 Å². The van der Waals surface area contributed by atoms with Gasteiger partial charge in [0.05, 0.1) is 12.3 Å². The Kier molecular flexibility index (Phi) is 5.53. The van der Waals surface area contributed by atoms with Crippen LogP contribution in [0.25, 0.3) is 0 Å². The number of benzene rings is 1. The molecule has 1 aromatic carbocycles.